The number of nitrogens with zero attached hydrogens (tertiary/aromatic N) is 1. The molecule has 0 bridgehead atoms. The fourth-order valence-electron chi connectivity index (χ4n) is 0.799. The first-order valence-electron chi connectivity index (χ1n) is 3.69. The average Bonchev–Trinajstić information content (AvgIpc) is 2.14. The van der Waals surface area contributed by atoms with Crippen molar-refractivity contribution >= 4 is 21.8 Å². The van der Waals surface area contributed by atoms with Crippen molar-refractivity contribution in [1.82, 2.24) is 10.3 Å². The summed E-state index contributed by atoms with van der Waals surface area (Å²) in [6, 6.07) is 1.15. The molecule has 3 nitrogen and oxygen atoms in total. The molecule has 0 spiro atoms. The Morgan fingerprint density at radius 3 is 3.00 bits per heavy atom. The molecule has 0 unspecified atom stereocenters. The number of carbonyl (C=O) groups excluding carboxylic acids is 1. The Morgan fingerprint density at radius 2 is 2.38 bits per heavy atom. The van der Waals surface area contributed by atoms with Crippen molar-refractivity contribution in [1.29, 1.82) is 0 Å². The van der Waals surface area contributed by atoms with Crippen LogP contribution in [0.15, 0.2) is 18.5 Å². The first-order chi connectivity index (χ1) is 6.24. The van der Waals surface area contributed by atoms with Crippen molar-refractivity contribution in [3.8, 4) is 0 Å². The molecule has 0 fully saturated rings. The number of nitrogens with one attached hydrogen (secondary N) is 1. The van der Waals surface area contributed by atoms with E-state index in [0.717, 1.165) is 12.3 Å². The smallest absolute Gasteiger partial charge is 0.252 e. The number of halogens is 2. The van der Waals surface area contributed by atoms with Crippen molar-refractivity contribution < 1.29 is 9.18 Å². The Morgan fingerprint density at radius 1 is 1.62 bits per heavy atom. The van der Waals surface area contributed by atoms with Crippen LogP contribution in [0.3, 0.4) is 0 Å². The van der Waals surface area contributed by atoms with Crippen LogP contribution in [0, 0.1) is 5.82 Å². The summed E-state index contributed by atoms with van der Waals surface area (Å²) in [4.78, 5) is 14.8. The Bertz CT molecular complexity index is 306. The topological polar surface area (TPSA) is 42.0 Å². The normalized spacial score (nSPS) is 9.69. The lowest BCUT2D eigenvalue weighted by molar-refractivity contribution is 0.0955. The molecule has 70 valence electrons. The Hall–Kier alpha value is -0.970. The molecule has 0 radical (unpaired) electrons. The summed E-state index contributed by atoms with van der Waals surface area (Å²) in [5.41, 5.74) is 0.237. The third-order valence-electron chi connectivity index (χ3n) is 1.35. The summed E-state index contributed by atoms with van der Waals surface area (Å²) < 4.78 is 12.6. The van der Waals surface area contributed by atoms with Gasteiger partial charge in [0, 0.05) is 18.1 Å². The highest BCUT2D eigenvalue weighted by molar-refractivity contribution is 9.09. The summed E-state index contributed by atoms with van der Waals surface area (Å²) in [5, 5.41) is 3.25. The van der Waals surface area contributed by atoms with Crippen LogP contribution in [0.2, 0.25) is 0 Å². The highest BCUT2D eigenvalue weighted by atomic mass is 79.9. The predicted octanol–water partition coefficient (Wildman–Crippen LogP) is 1.35. The number of alkyl halides is 1. The summed E-state index contributed by atoms with van der Waals surface area (Å²) in [7, 11) is 0. The summed E-state index contributed by atoms with van der Waals surface area (Å²) in [6.45, 7) is 0.509. The van der Waals surface area contributed by atoms with Gasteiger partial charge in [0.25, 0.3) is 5.91 Å². The fourth-order valence-corrected chi connectivity index (χ4v) is 0.997. The van der Waals surface area contributed by atoms with Gasteiger partial charge in [-0.25, -0.2) is 4.39 Å². The van der Waals surface area contributed by atoms with E-state index >= 15 is 0 Å². The van der Waals surface area contributed by atoms with E-state index in [1.165, 1.54) is 6.20 Å². The monoisotopic (exact) mass is 246 g/mol. The van der Waals surface area contributed by atoms with Gasteiger partial charge in [0.15, 0.2) is 0 Å². The maximum Gasteiger partial charge on any atom is 0.252 e. The number of hydrogen-bond donors (Lipinski definition) is 1. The van der Waals surface area contributed by atoms with Crippen LogP contribution in [0.25, 0.3) is 0 Å². The number of amides is 1. The second kappa shape index (κ2) is 4.91. The third-order valence-corrected chi connectivity index (χ3v) is 1.74. The molecule has 1 aromatic rings. The van der Waals surface area contributed by atoms with Gasteiger partial charge in [0.1, 0.15) is 5.82 Å². The molecule has 1 aromatic heterocycles. The van der Waals surface area contributed by atoms with Crippen LogP contribution in [0.4, 0.5) is 4.39 Å². The highest BCUT2D eigenvalue weighted by Crippen LogP contribution is 2.00. The van der Waals surface area contributed by atoms with Gasteiger partial charge < -0.3 is 5.32 Å². The van der Waals surface area contributed by atoms with Crippen molar-refractivity contribution in [3.63, 3.8) is 0 Å². The lowest BCUT2D eigenvalue weighted by Crippen LogP contribution is -2.25. The molecule has 5 heteroatoms. The van der Waals surface area contributed by atoms with E-state index in [1.807, 2.05) is 0 Å². The second-order valence-electron chi connectivity index (χ2n) is 2.34. The minimum absolute atomic E-state index is 0.237. The zero-order valence-corrected chi connectivity index (χ0v) is 8.34. The molecule has 1 heterocycles. The summed E-state index contributed by atoms with van der Waals surface area (Å²) >= 11 is 3.16. The average molecular weight is 247 g/mol. The molecule has 1 N–H and O–H groups in total. The molecule has 1 rings (SSSR count). The minimum atomic E-state index is -0.508. The van der Waals surface area contributed by atoms with Gasteiger partial charge in [-0.15, -0.1) is 0 Å². The molecule has 0 aromatic carbocycles. The number of carbonyl (C=O) groups is 1. The molecule has 0 aliphatic heterocycles. The molecule has 0 atom stereocenters. The summed E-state index contributed by atoms with van der Waals surface area (Å²) in [6.07, 6.45) is 2.38. The molecule has 0 aliphatic rings. The number of aromatic nitrogens is 1. The predicted molar refractivity (Wildman–Crippen MR) is 50.3 cm³/mol. The third kappa shape index (κ3) is 3.10. The molecule has 0 aliphatic carbocycles. The lowest BCUT2D eigenvalue weighted by atomic mass is 10.2. The van der Waals surface area contributed by atoms with E-state index in [4.69, 9.17) is 0 Å². The maximum absolute atomic E-state index is 12.6. The molecular weight excluding hydrogens is 239 g/mol. The van der Waals surface area contributed by atoms with Crippen LogP contribution in [-0.2, 0) is 0 Å². The fraction of sp³-hybridized carbons (Fsp3) is 0.250. The molecular formula is C8H8BrFN2O. The largest absolute Gasteiger partial charge is 0.351 e. The molecule has 0 saturated carbocycles. The van der Waals surface area contributed by atoms with E-state index in [9.17, 15) is 9.18 Å². The van der Waals surface area contributed by atoms with Gasteiger partial charge in [-0.3, -0.25) is 9.78 Å². The van der Waals surface area contributed by atoms with Crippen LogP contribution >= 0.6 is 15.9 Å². The quantitative estimate of drug-likeness (QED) is 0.819. The van der Waals surface area contributed by atoms with Crippen molar-refractivity contribution in [3.05, 3.63) is 29.8 Å². The number of rotatable bonds is 3. The van der Waals surface area contributed by atoms with Gasteiger partial charge in [-0.05, 0) is 6.07 Å². The minimum Gasteiger partial charge on any atom is -0.351 e. The van der Waals surface area contributed by atoms with Crippen molar-refractivity contribution in [2.45, 2.75) is 0 Å². The van der Waals surface area contributed by atoms with E-state index in [2.05, 4.69) is 26.2 Å². The SMILES string of the molecule is O=C(NCCBr)c1cncc(F)c1. The zero-order chi connectivity index (χ0) is 9.68. The lowest BCUT2D eigenvalue weighted by Gasteiger charge is -2.01. The molecule has 0 saturated heterocycles. The van der Waals surface area contributed by atoms with Crippen LogP contribution < -0.4 is 5.32 Å². The molecule has 1 amide bonds. The zero-order valence-electron chi connectivity index (χ0n) is 6.76. The second-order valence-corrected chi connectivity index (χ2v) is 3.13. The van der Waals surface area contributed by atoms with Gasteiger partial charge >= 0.3 is 0 Å². The first-order valence-corrected chi connectivity index (χ1v) is 4.81. The van der Waals surface area contributed by atoms with Gasteiger partial charge in [-0.2, -0.15) is 0 Å². The Labute approximate surface area is 83.5 Å². The van der Waals surface area contributed by atoms with E-state index in [1.54, 1.807) is 0 Å². The summed E-state index contributed by atoms with van der Waals surface area (Å²) in [5.74, 6) is -0.821. The van der Waals surface area contributed by atoms with Crippen LogP contribution in [0.1, 0.15) is 10.4 Å². The number of hydrogen-bond acceptors (Lipinski definition) is 2. The van der Waals surface area contributed by atoms with Crippen LogP contribution in [0.5, 0.6) is 0 Å². The highest BCUT2D eigenvalue weighted by Gasteiger charge is 2.05. The van der Waals surface area contributed by atoms with Gasteiger partial charge in [0.2, 0.25) is 0 Å². The van der Waals surface area contributed by atoms with Crippen LogP contribution in [-0.4, -0.2) is 22.8 Å². The molecule has 13 heavy (non-hydrogen) atoms. The van der Waals surface area contributed by atoms with E-state index in [-0.39, 0.29) is 11.5 Å². The first kappa shape index (κ1) is 10.1. The van der Waals surface area contributed by atoms with Crippen molar-refractivity contribution in [2.75, 3.05) is 11.9 Å². The maximum atomic E-state index is 12.6. The van der Waals surface area contributed by atoms with Gasteiger partial charge in [-0.1, -0.05) is 15.9 Å². The Balaban J connectivity index is 2.66. The van der Waals surface area contributed by atoms with E-state index < -0.39 is 5.82 Å². The Kier molecular flexibility index (Phi) is 3.82. The number of pyridine rings is 1. The van der Waals surface area contributed by atoms with E-state index in [0.29, 0.717) is 11.9 Å². The van der Waals surface area contributed by atoms with Crippen molar-refractivity contribution in [2.24, 2.45) is 0 Å². The standard InChI is InChI=1S/C8H8BrFN2O/c9-1-2-12-8(13)6-3-7(10)5-11-4-6/h3-5H,1-2H2,(H,12,13). The van der Waals surface area contributed by atoms with Gasteiger partial charge in [0.05, 0.1) is 11.8 Å².